The van der Waals surface area contributed by atoms with Crippen LogP contribution in [0.25, 0.3) is 11.2 Å². The van der Waals surface area contributed by atoms with Crippen LogP contribution in [0.3, 0.4) is 0 Å². The molecule has 0 atom stereocenters. The number of hydrogen-bond acceptors (Lipinski definition) is 3. The van der Waals surface area contributed by atoms with Gasteiger partial charge in [0.15, 0.2) is 11.5 Å². The zero-order valence-electron chi connectivity index (χ0n) is 7.79. The van der Waals surface area contributed by atoms with E-state index in [0.29, 0.717) is 13.2 Å². The lowest BCUT2D eigenvalue weighted by Crippen LogP contribution is -1.93. The fourth-order valence-corrected chi connectivity index (χ4v) is 1.36. The van der Waals surface area contributed by atoms with Crippen molar-refractivity contribution >= 4 is 11.2 Å². The van der Waals surface area contributed by atoms with Crippen LogP contribution in [-0.4, -0.2) is 13.2 Å². The molecule has 0 N–H and O–H groups in total. The third-order valence-corrected chi connectivity index (χ3v) is 1.81. The van der Waals surface area contributed by atoms with Crippen LogP contribution in [0.4, 0.5) is 0 Å². The Labute approximate surface area is 76.6 Å². The van der Waals surface area contributed by atoms with Gasteiger partial charge in [-0.25, -0.2) is 0 Å². The summed E-state index contributed by atoms with van der Waals surface area (Å²) in [6.45, 7) is 5.18. The van der Waals surface area contributed by atoms with Crippen LogP contribution in [0.15, 0.2) is 16.5 Å². The fourth-order valence-electron chi connectivity index (χ4n) is 1.36. The molecular weight excluding hydrogens is 168 g/mol. The van der Waals surface area contributed by atoms with Gasteiger partial charge in [-0.1, -0.05) is 0 Å². The molecule has 0 radical (unpaired) electrons. The SMILES string of the molecule is CCOc1cc2cc(OCC)c1o2. The fraction of sp³-hybridized carbons (Fsp3) is 0.400. The molecule has 0 aliphatic rings. The highest BCUT2D eigenvalue weighted by atomic mass is 16.5. The average Bonchev–Trinajstić information content (AvgIpc) is 2.64. The summed E-state index contributed by atoms with van der Waals surface area (Å²) >= 11 is 0. The van der Waals surface area contributed by atoms with Crippen LogP contribution in [0.5, 0.6) is 11.5 Å². The second kappa shape index (κ2) is 3.17. The number of fused-ring (bicyclic) bond motifs is 2. The van der Waals surface area contributed by atoms with Crippen molar-refractivity contribution in [3.63, 3.8) is 0 Å². The van der Waals surface area contributed by atoms with Crippen molar-refractivity contribution in [2.24, 2.45) is 0 Å². The van der Waals surface area contributed by atoms with E-state index in [1.54, 1.807) is 0 Å². The minimum absolute atomic E-state index is 0.644. The van der Waals surface area contributed by atoms with Crippen molar-refractivity contribution in [2.45, 2.75) is 13.8 Å². The highest BCUT2D eigenvalue weighted by Gasteiger charge is 2.15. The molecule has 0 saturated heterocycles. The smallest absolute Gasteiger partial charge is 0.211 e. The number of hydrogen-bond donors (Lipinski definition) is 0. The molecule has 0 amide bonds. The van der Waals surface area contributed by atoms with Gasteiger partial charge >= 0.3 is 0 Å². The van der Waals surface area contributed by atoms with E-state index in [1.165, 1.54) is 0 Å². The summed E-state index contributed by atoms with van der Waals surface area (Å²) < 4.78 is 16.1. The highest BCUT2D eigenvalue weighted by molar-refractivity contribution is 5.78. The summed E-state index contributed by atoms with van der Waals surface area (Å²) in [5.74, 6) is 1.56. The summed E-state index contributed by atoms with van der Waals surface area (Å²) in [4.78, 5) is 0. The van der Waals surface area contributed by atoms with Crippen LogP contribution in [0.1, 0.15) is 13.8 Å². The summed E-state index contributed by atoms with van der Waals surface area (Å²) in [6, 6.07) is 3.75. The Balaban J connectivity index is 2.33. The first kappa shape index (κ1) is 8.23. The third kappa shape index (κ3) is 1.30. The molecule has 2 aromatic heterocycles. The highest BCUT2D eigenvalue weighted by Crippen LogP contribution is 2.38. The summed E-state index contributed by atoms with van der Waals surface area (Å²) in [5.41, 5.74) is 1.53. The Morgan fingerprint density at radius 3 is 2.00 bits per heavy atom. The molecule has 0 aliphatic carbocycles. The predicted molar refractivity (Wildman–Crippen MR) is 49.7 cm³/mol. The van der Waals surface area contributed by atoms with Crippen molar-refractivity contribution in [2.75, 3.05) is 13.2 Å². The van der Waals surface area contributed by atoms with E-state index in [4.69, 9.17) is 13.9 Å². The lowest BCUT2D eigenvalue weighted by molar-refractivity contribution is 0.327. The maximum atomic E-state index is 5.40. The zero-order valence-corrected chi connectivity index (χ0v) is 7.79. The lowest BCUT2D eigenvalue weighted by Gasteiger charge is -2.02. The van der Waals surface area contributed by atoms with Crippen molar-refractivity contribution < 1.29 is 13.9 Å². The van der Waals surface area contributed by atoms with E-state index in [1.807, 2.05) is 26.0 Å². The Morgan fingerprint density at radius 1 is 1.08 bits per heavy atom. The van der Waals surface area contributed by atoms with Crippen molar-refractivity contribution in [1.82, 2.24) is 0 Å². The van der Waals surface area contributed by atoms with Gasteiger partial charge in [0.05, 0.1) is 13.2 Å². The molecule has 2 aromatic rings. The van der Waals surface area contributed by atoms with Gasteiger partial charge in [-0.05, 0) is 13.8 Å². The first-order valence-corrected chi connectivity index (χ1v) is 4.46. The van der Waals surface area contributed by atoms with Crippen LogP contribution in [-0.2, 0) is 0 Å². The van der Waals surface area contributed by atoms with Gasteiger partial charge in [0.1, 0.15) is 5.58 Å². The van der Waals surface area contributed by atoms with Gasteiger partial charge in [-0.3, -0.25) is 0 Å². The molecule has 0 aromatic carbocycles. The zero-order chi connectivity index (χ0) is 9.26. The Morgan fingerprint density at radius 2 is 1.62 bits per heavy atom. The summed E-state index contributed by atoms with van der Waals surface area (Å²) in [6.07, 6.45) is 0. The number of rotatable bonds is 4. The first-order valence-electron chi connectivity index (χ1n) is 4.46. The quantitative estimate of drug-likeness (QED) is 0.724. The molecule has 0 spiro atoms. The minimum Gasteiger partial charge on any atom is -0.490 e. The maximum Gasteiger partial charge on any atom is 0.211 e. The molecule has 0 fully saturated rings. The van der Waals surface area contributed by atoms with Gasteiger partial charge in [-0.15, -0.1) is 0 Å². The molecule has 2 rings (SSSR count). The number of benzene rings is 1. The second-order valence-electron chi connectivity index (χ2n) is 2.72. The lowest BCUT2D eigenvalue weighted by atomic mass is 10.3. The molecule has 3 nitrogen and oxygen atoms in total. The molecule has 0 saturated carbocycles. The normalized spacial score (nSPS) is 10.9. The van der Waals surface area contributed by atoms with Gasteiger partial charge in [0.2, 0.25) is 5.58 Å². The molecule has 0 unspecified atom stereocenters. The van der Waals surface area contributed by atoms with Crippen LogP contribution in [0.2, 0.25) is 0 Å². The van der Waals surface area contributed by atoms with Crippen molar-refractivity contribution in [3.8, 4) is 11.5 Å². The van der Waals surface area contributed by atoms with Crippen LogP contribution >= 0.6 is 0 Å². The molecule has 3 heteroatoms. The van der Waals surface area contributed by atoms with Crippen molar-refractivity contribution in [1.29, 1.82) is 0 Å². The average molecular weight is 180 g/mol. The largest absolute Gasteiger partial charge is 0.490 e. The molecule has 2 heterocycles. The molecule has 2 bridgehead atoms. The van der Waals surface area contributed by atoms with Gasteiger partial charge in [0, 0.05) is 12.1 Å². The molecule has 70 valence electrons. The van der Waals surface area contributed by atoms with E-state index in [-0.39, 0.29) is 0 Å². The van der Waals surface area contributed by atoms with E-state index >= 15 is 0 Å². The molecule has 0 aliphatic heterocycles. The Bertz CT molecular complexity index is 347. The third-order valence-electron chi connectivity index (χ3n) is 1.81. The van der Waals surface area contributed by atoms with Crippen LogP contribution < -0.4 is 9.47 Å². The Kier molecular flexibility index (Phi) is 2.00. The maximum absolute atomic E-state index is 5.40. The van der Waals surface area contributed by atoms with Gasteiger partial charge in [-0.2, -0.15) is 0 Å². The summed E-state index contributed by atoms with van der Waals surface area (Å²) in [7, 11) is 0. The topological polar surface area (TPSA) is 31.6 Å². The Hall–Kier alpha value is -1.38. The predicted octanol–water partition coefficient (Wildman–Crippen LogP) is 2.67. The van der Waals surface area contributed by atoms with E-state index < -0.39 is 0 Å². The molecule has 13 heavy (non-hydrogen) atoms. The van der Waals surface area contributed by atoms with Crippen LogP contribution in [0, 0.1) is 0 Å². The molecular formula is C10H12O3. The number of ether oxygens (including phenoxy) is 2. The first-order chi connectivity index (χ1) is 6.35. The second-order valence-corrected chi connectivity index (χ2v) is 2.72. The van der Waals surface area contributed by atoms with E-state index in [2.05, 4.69) is 0 Å². The van der Waals surface area contributed by atoms with Gasteiger partial charge in [0.25, 0.3) is 0 Å². The van der Waals surface area contributed by atoms with Crippen molar-refractivity contribution in [3.05, 3.63) is 12.1 Å². The van der Waals surface area contributed by atoms with E-state index in [9.17, 15) is 0 Å². The van der Waals surface area contributed by atoms with Gasteiger partial charge < -0.3 is 13.9 Å². The minimum atomic E-state index is 0.644. The number of furan rings is 2. The summed E-state index contributed by atoms with van der Waals surface area (Å²) in [5, 5.41) is 0. The monoisotopic (exact) mass is 180 g/mol. The standard InChI is InChI=1S/C10H12O3/c1-3-11-8-5-7-6-9(12-4-2)10(8)13-7/h5-6H,3-4H2,1-2H3. The van der Waals surface area contributed by atoms with E-state index in [0.717, 1.165) is 22.7 Å².